The number of hydrogen-bond acceptors (Lipinski definition) is 2. The molecule has 0 saturated heterocycles. The van der Waals surface area contributed by atoms with Crippen LogP contribution in [0.25, 0.3) is 0 Å². The molecule has 0 fully saturated rings. The van der Waals surface area contributed by atoms with Crippen LogP contribution in [0.2, 0.25) is 0 Å². The largest absolute Gasteiger partial charge is 0.416 e. The number of rotatable bonds is 0. The van der Waals surface area contributed by atoms with E-state index in [0.717, 1.165) is 12.1 Å². The first-order chi connectivity index (χ1) is 6.98. The monoisotopic (exact) mass is 216 g/mol. The Bertz CT molecular complexity index is 373. The highest BCUT2D eigenvalue weighted by molar-refractivity contribution is 5.56. The van der Waals surface area contributed by atoms with Gasteiger partial charge in [-0.15, -0.1) is 0 Å². The van der Waals surface area contributed by atoms with Crippen molar-refractivity contribution in [3.05, 3.63) is 29.3 Å². The predicted octanol–water partition coefficient (Wildman–Crippen LogP) is 2.52. The normalized spacial score (nSPS) is 20.7. The molecule has 1 aromatic rings. The minimum atomic E-state index is -4.30. The SMILES string of the molecule is N[C@H]1CCNc2ccc(C(F)(F)F)cc21. The van der Waals surface area contributed by atoms with Gasteiger partial charge in [-0.25, -0.2) is 0 Å². The highest BCUT2D eigenvalue weighted by Gasteiger charge is 2.32. The molecule has 0 bridgehead atoms. The number of nitrogens with one attached hydrogen (secondary N) is 1. The van der Waals surface area contributed by atoms with E-state index in [-0.39, 0.29) is 6.04 Å². The van der Waals surface area contributed by atoms with Crippen LogP contribution in [0.5, 0.6) is 0 Å². The van der Waals surface area contributed by atoms with Gasteiger partial charge in [0, 0.05) is 18.3 Å². The molecular weight excluding hydrogens is 205 g/mol. The van der Waals surface area contributed by atoms with Gasteiger partial charge in [0.05, 0.1) is 5.56 Å². The average Bonchev–Trinajstić information content (AvgIpc) is 2.16. The van der Waals surface area contributed by atoms with Gasteiger partial charge in [-0.1, -0.05) is 0 Å². The number of hydrogen-bond donors (Lipinski definition) is 2. The molecule has 1 atom stereocenters. The van der Waals surface area contributed by atoms with Gasteiger partial charge in [0.1, 0.15) is 0 Å². The van der Waals surface area contributed by atoms with Crippen molar-refractivity contribution in [2.45, 2.75) is 18.6 Å². The summed E-state index contributed by atoms with van der Waals surface area (Å²) in [6.45, 7) is 0.708. The number of fused-ring (bicyclic) bond motifs is 1. The Labute approximate surface area is 85.3 Å². The second kappa shape index (κ2) is 3.41. The Morgan fingerprint density at radius 1 is 1.33 bits per heavy atom. The zero-order valence-corrected chi connectivity index (χ0v) is 7.93. The van der Waals surface area contributed by atoms with Crippen molar-refractivity contribution in [1.82, 2.24) is 0 Å². The van der Waals surface area contributed by atoms with Crippen molar-refractivity contribution >= 4 is 5.69 Å². The quantitative estimate of drug-likeness (QED) is 0.699. The van der Waals surface area contributed by atoms with Crippen LogP contribution in [0.3, 0.4) is 0 Å². The summed E-state index contributed by atoms with van der Waals surface area (Å²) in [7, 11) is 0. The summed E-state index contributed by atoms with van der Waals surface area (Å²) < 4.78 is 37.3. The standard InChI is InChI=1S/C10H11F3N2/c11-10(12,13)6-1-2-9-7(5-6)8(14)3-4-15-9/h1-2,5,8,15H,3-4,14H2/t8-/m0/s1. The molecule has 5 heteroatoms. The third-order valence-corrected chi connectivity index (χ3v) is 2.55. The molecule has 0 aliphatic carbocycles. The van der Waals surface area contributed by atoms with Crippen LogP contribution in [-0.2, 0) is 6.18 Å². The first-order valence-electron chi connectivity index (χ1n) is 4.69. The van der Waals surface area contributed by atoms with Gasteiger partial charge >= 0.3 is 6.18 Å². The fraction of sp³-hybridized carbons (Fsp3) is 0.400. The van der Waals surface area contributed by atoms with E-state index in [1.54, 1.807) is 0 Å². The second-order valence-corrected chi connectivity index (χ2v) is 3.62. The molecule has 2 nitrogen and oxygen atoms in total. The van der Waals surface area contributed by atoms with Crippen molar-refractivity contribution < 1.29 is 13.2 Å². The molecule has 15 heavy (non-hydrogen) atoms. The molecule has 1 aliphatic heterocycles. The van der Waals surface area contributed by atoms with E-state index in [2.05, 4.69) is 5.32 Å². The van der Waals surface area contributed by atoms with Gasteiger partial charge < -0.3 is 11.1 Å². The molecule has 0 spiro atoms. The molecule has 0 unspecified atom stereocenters. The summed E-state index contributed by atoms with van der Waals surface area (Å²) in [5.74, 6) is 0. The van der Waals surface area contributed by atoms with E-state index < -0.39 is 11.7 Å². The number of alkyl halides is 3. The number of anilines is 1. The van der Waals surface area contributed by atoms with Crippen LogP contribution < -0.4 is 11.1 Å². The molecular formula is C10H11F3N2. The topological polar surface area (TPSA) is 38.0 Å². The summed E-state index contributed by atoms with van der Waals surface area (Å²) in [4.78, 5) is 0. The van der Waals surface area contributed by atoms with E-state index in [4.69, 9.17) is 5.73 Å². The summed E-state index contributed by atoms with van der Waals surface area (Å²) in [5.41, 5.74) is 6.37. The first-order valence-corrected chi connectivity index (χ1v) is 4.69. The molecule has 1 heterocycles. The summed E-state index contributed by atoms with van der Waals surface area (Å²) in [6, 6.07) is 3.34. The third kappa shape index (κ3) is 1.92. The molecule has 0 saturated carbocycles. The van der Waals surface area contributed by atoms with Gasteiger partial charge in [0.2, 0.25) is 0 Å². The molecule has 0 radical (unpaired) electrons. The van der Waals surface area contributed by atoms with Crippen molar-refractivity contribution in [2.24, 2.45) is 5.73 Å². The lowest BCUT2D eigenvalue weighted by Gasteiger charge is -2.24. The Morgan fingerprint density at radius 2 is 2.07 bits per heavy atom. The van der Waals surface area contributed by atoms with Gasteiger partial charge in [0.15, 0.2) is 0 Å². The molecule has 2 rings (SSSR count). The van der Waals surface area contributed by atoms with Gasteiger partial charge in [-0.3, -0.25) is 0 Å². The highest BCUT2D eigenvalue weighted by atomic mass is 19.4. The van der Waals surface area contributed by atoms with E-state index >= 15 is 0 Å². The van der Waals surface area contributed by atoms with Crippen LogP contribution in [0, 0.1) is 0 Å². The smallest absolute Gasteiger partial charge is 0.385 e. The van der Waals surface area contributed by atoms with E-state index in [0.29, 0.717) is 24.2 Å². The van der Waals surface area contributed by atoms with Crippen LogP contribution >= 0.6 is 0 Å². The Kier molecular flexibility index (Phi) is 2.34. The third-order valence-electron chi connectivity index (χ3n) is 2.55. The molecule has 0 aromatic heterocycles. The van der Waals surface area contributed by atoms with Crippen molar-refractivity contribution in [3.8, 4) is 0 Å². The summed E-state index contributed by atoms with van der Waals surface area (Å²) in [6.07, 6.45) is -3.64. The molecule has 3 N–H and O–H groups in total. The molecule has 1 aromatic carbocycles. The summed E-state index contributed by atoms with van der Waals surface area (Å²) in [5, 5.41) is 3.02. The van der Waals surface area contributed by atoms with Crippen LogP contribution in [-0.4, -0.2) is 6.54 Å². The van der Waals surface area contributed by atoms with Crippen molar-refractivity contribution in [2.75, 3.05) is 11.9 Å². The maximum atomic E-state index is 12.4. The molecule has 82 valence electrons. The van der Waals surface area contributed by atoms with E-state index in [1.165, 1.54) is 6.07 Å². The van der Waals surface area contributed by atoms with Gasteiger partial charge in [0.25, 0.3) is 0 Å². The fourth-order valence-electron chi connectivity index (χ4n) is 1.72. The minimum absolute atomic E-state index is 0.302. The second-order valence-electron chi connectivity index (χ2n) is 3.62. The van der Waals surface area contributed by atoms with Gasteiger partial charge in [-0.05, 0) is 30.2 Å². The maximum Gasteiger partial charge on any atom is 0.416 e. The number of benzene rings is 1. The lowest BCUT2D eigenvalue weighted by molar-refractivity contribution is -0.137. The zero-order chi connectivity index (χ0) is 11.1. The Balaban J connectivity index is 2.44. The van der Waals surface area contributed by atoms with Crippen molar-refractivity contribution in [3.63, 3.8) is 0 Å². The minimum Gasteiger partial charge on any atom is -0.385 e. The lowest BCUT2D eigenvalue weighted by atomic mass is 9.96. The lowest BCUT2D eigenvalue weighted by Crippen LogP contribution is -2.23. The number of halogens is 3. The van der Waals surface area contributed by atoms with Crippen LogP contribution in [0.4, 0.5) is 18.9 Å². The maximum absolute atomic E-state index is 12.4. The first kappa shape index (κ1) is 10.3. The van der Waals surface area contributed by atoms with Crippen LogP contribution in [0.1, 0.15) is 23.6 Å². The molecule has 0 amide bonds. The summed E-state index contributed by atoms with van der Waals surface area (Å²) >= 11 is 0. The van der Waals surface area contributed by atoms with Crippen molar-refractivity contribution in [1.29, 1.82) is 0 Å². The number of nitrogens with two attached hydrogens (primary N) is 1. The highest BCUT2D eigenvalue weighted by Crippen LogP contribution is 2.35. The predicted molar refractivity (Wildman–Crippen MR) is 51.5 cm³/mol. The fourth-order valence-corrected chi connectivity index (χ4v) is 1.72. The Morgan fingerprint density at radius 3 is 2.73 bits per heavy atom. The zero-order valence-electron chi connectivity index (χ0n) is 7.93. The van der Waals surface area contributed by atoms with Gasteiger partial charge in [-0.2, -0.15) is 13.2 Å². The molecule has 1 aliphatic rings. The van der Waals surface area contributed by atoms with Crippen LogP contribution in [0.15, 0.2) is 18.2 Å². The van der Waals surface area contributed by atoms with E-state index in [1.807, 2.05) is 0 Å². The van der Waals surface area contributed by atoms with E-state index in [9.17, 15) is 13.2 Å². The average molecular weight is 216 g/mol. The Hall–Kier alpha value is -1.23.